The van der Waals surface area contributed by atoms with E-state index in [2.05, 4.69) is 78.9 Å². The fraction of sp³-hybridized carbons (Fsp3) is 0. The molecule has 3 rings (SSSR count). The van der Waals surface area contributed by atoms with Crippen LogP contribution < -0.4 is 15.9 Å². The summed E-state index contributed by atoms with van der Waals surface area (Å²) in [6.07, 6.45) is 0. The van der Waals surface area contributed by atoms with Gasteiger partial charge in [0, 0.05) is 0 Å². The molecule has 0 aliphatic carbocycles. The Morgan fingerprint density at radius 2 is 1.13 bits per heavy atom. The predicted molar refractivity (Wildman–Crippen MR) is 102 cm³/mol. The molecule has 118 valence electrons. The van der Waals surface area contributed by atoms with Crippen molar-refractivity contribution in [3.8, 4) is 0 Å². The van der Waals surface area contributed by atoms with E-state index in [-0.39, 0.29) is 0 Å². The molecular weight excluding hydrogens is 431 g/mol. The summed E-state index contributed by atoms with van der Waals surface area (Å²) < 4.78 is 2.05. The van der Waals surface area contributed by atoms with Gasteiger partial charge in [0.15, 0.2) is 0 Å². The normalized spacial score (nSPS) is 11.3. The van der Waals surface area contributed by atoms with Crippen LogP contribution in [0, 0.1) is 0 Å². The molecule has 0 aliphatic heterocycles. The van der Waals surface area contributed by atoms with Gasteiger partial charge in [0.25, 0.3) is 0 Å². The van der Waals surface area contributed by atoms with Crippen molar-refractivity contribution >= 4 is 47.8 Å². The van der Waals surface area contributed by atoms with Crippen LogP contribution in [0.1, 0.15) is 5.56 Å². The standard InChI is InChI=1S/C19H15P.2ClH.Ru/c1-16-10-8-9-15-19(16)20(17-11-4-2-5-12-17)18-13-6-3-7-14-18;;;/h1-15H;2*1H;/q;;;+2/p-2. The second kappa shape index (κ2) is 8.32. The maximum atomic E-state index is 6.14. The molecule has 0 radical (unpaired) electrons. The molecule has 0 saturated heterocycles. The molecule has 23 heavy (non-hydrogen) atoms. The van der Waals surface area contributed by atoms with Crippen LogP contribution in [0.5, 0.6) is 0 Å². The van der Waals surface area contributed by atoms with E-state index >= 15 is 0 Å². The third-order valence-electron chi connectivity index (χ3n) is 3.39. The summed E-state index contributed by atoms with van der Waals surface area (Å²) in [4.78, 5) is 0. The van der Waals surface area contributed by atoms with Crippen molar-refractivity contribution < 1.29 is 13.5 Å². The summed E-state index contributed by atoms with van der Waals surface area (Å²) >= 11 is -1.87. The molecule has 0 bridgehead atoms. The Balaban J connectivity index is 2.20. The first-order chi connectivity index (χ1) is 11.3. The second-order valence-corrected chi connectivity index (χ2v) is 12.8. The van der Waals surface area contributed by atoms with E-state index in [1.54, 1.807) is 0 Å². The van der Waals surface area contributed by atoms with E-state index in [9.17, 15) is 0 Å². The molecule has 0 aromatic heterocycles. The SMILES string of the molecule is [Cl][Ru]([Cl])=[CH]c1ccccc1P(c1ccccc1)c1ccccc1. The zero-order valence-electron chi connectivity index (χ0n) is 12.2. The first-order valence-corrected chi connectivity index (χ1v) is 13.9. The summed E-state index contributed by atoms with van der Waals surface area (Å²) in [6.45, 7) is 0. The summed E-state index contributed by atoms with van der Waals surface area (Å²) in [5, 5.41) is 3.97. The number of halogens is 2. The molecule has 0 heterocycles. The second-order valence-electron chi connectivity index (χ2n) is 4.87. The monoisotopic (exact) mass is 446 g/mol. The van der Waals surface area contributed by atoms with Crippen molar-refractivity contribution in [2.75, 3.05) is 0 Å². The zero-order valence-corrected chi connectivity index (χ0v) is 16.4. The van der Waals surface area contributed by atoms with Gasteiger partial charge in [-0.05, 0) is 0 Å². The van der Waals surface area contributed by atoms with Crippen LogP contribution in [0.4, 0.5) is 0 Å². The van der Waals surface area contributed by atoms with Crippen LogP contribution in [0.2, 0.25) is 0 Å². The third-order valence-corrected chi connectivity index (χ3v) is 7.74. The minimum absolute atomic E-state index is 0.623. The summed E-state index contributed by atoms with van der Waals surface area (Å²) in [5.74, 6) is 0. The Morgan fingerprint density at radius 1 is 0.652 bits per heavy atom. The Morgan fingerprint density at radius 3 is 1.65 bits per heavy atom. The first-order valence-electron chi connectivity index (χ1n) is 7.08. The molecule has 0 nitrogen and oxygen atoms in total. The van der Waals surface area contributed by atoms with E-state index < -0.39 is 21.4 Å². The molecule has 0 saturated carbocycles. The summed E-state index contributed by atoms with van der Waals surface area (Å²) in [7, 11) is 11.7. The average Bonchev–Trinajstić information content (AvgIpc) is 2.58. The van der Waals surface area contributed by atoms with E-state index in [4.69, 9.17) is 19.4 Å². The molecule has 4 heteroatoms. The Labute approximate surface area is 151 Å². The van der Waals surface area contributed by atoms with Crippen molar-refractivity contribution in [2.24, 2.45) is 0 Å². The van der Waals surface area contributed by atoms with Gasteiger partial charge in [-0.15, -0.1) is 0 Å². The molecule has 0 amide bonds. The van der Waals surface area contributed by atoms with Crippen molar-refractivity contribution in [2.45, 2.75) is 0 Å². The van der Waals surface area contributed by atoms with Crippen molar-refractivity contribution in [3.05, 3.63) is 90.5 Å². The number of benzene rings is 3. The fourth-order valence-corrected chi connectivity index (χ4v) is 6.89. The zero-order chi connectivity index (χ0) is 16.1. The number of hydrogen-bond donors (Lipinski definition) is 0. The quantitative estimate of drug-likeness (QED) is 0.409. The summed E-state index contributed by atoms with van der Waals surface area (Å²) in [5.41, 5.74) is 1.16. The van der Waals surface area contributed by atoms with Crippen molar-refractivity contribution in [1.29, 1.82) is 0 Å². The van der Waals surface area contributed by atoms with Crippen LogP contribution in [0.3, 0.4) is 0 Å². The Kier molecular flexibility index (Phi) is 6.15. The Hall–Kier alpha value is -0.837. The van der Waals surface area contributed by atoms with Gasteiger partial charge in [0.2, 0.25) is 0 Å². The average molecular weight is 446 g/mol. The molecular formula is C19H15Cl2PRu. The topological polar surface area (TPSA) is 0 Å². The fourth-order valence-electron chi connectivity index (χ4n) is 2.44. The first kappa shape index (κ1) is 17.0. The van der Waals surface area contributed by atoms with Crippen LogP contribution in [-0.2, 0) is 13.5 Å². The van der Waals surface area contributed by atoms with E-state index in [0.717, 1.165) is 5.56 Å². The minimum atomic E-state index is -1.87. The van der Waals surface area contributed by atoms with Crippen molar-refractivity contribution in [3.63, 3.8) is 0 Å². The number of hydrogen-bond acceptors (Lipinski definition) is 0. The van der Waals surface area contributed by atoms with Gasteiger partial charge < -0.3 is 0 Å². The van der Waals surface area contributed by atoms with Crippen molar-refractivity contribution in [1.82, 2.24) is 0 Å². The molecule has 0 unspecified atom stereocenters. The maximum absolute atomic E-state index is 6.14. The van der Waals surface area contributed by atoms with Gasteiger partial charge in [-0.2, -0.15) is 0 Å². The molecule has 0 atom stereocenters. The van der Waals surface area contributed by atoms with Gasteiger partial charge in [0.05, 0.1) is 0 Å². The van der Waals surface area contributed by atoms with E-state index in [1.165, 1.54) is 15.9 Å². The Bertz CT molecular complexity index is 760. The molecule has 0 aliphatic rings. The van der Waals surface area contributed by atoms with Crippen LogP contribution in [0.15, 0.2) is 84.9 Å². The molecule has 3 aromatic carbocycles. The van der Waals surface area contributed by atoms with Crippen LogP contribution >= 0.6 is 27.3 Å². The molecule has 0 spiro atoms. The van der Waals surface area contributed by atoms with Gasteiger partial charge in [0.1, 0.15) is 0 Å². The van der Waals surface area contributed by atoms with Gasteiger partial charge in [-0.3, -0.25) is 0 Å². The molecule has 0 fully saturated rings. The molecule has 3 aromatic rings. The van der Waals surface area contributed by atoms with Crippen LogP contribution in [-0.4, -0.2) is 4.61 Å². The van der Waals surface area contributed by atoms with Gasteiger partial charge in [-0.1, -0.05) is 0 Å². The van der Waals surface area contributed by atoms with Gasteiger partial charge in [-0.25, -0.2) is 0 Å². The predicted octanol–water partition coefficient (Wildman–Crippen LogP) is 4.52. The molecule has 0 N–H and O–H groups in total. The number of rotatable bonds is 4. The van der Waals surface area contributed by atoms with Crippen LogP contribution in [0.25, 0.3) is 0 Å². The van der Waals surface area contributed by atoms with E-state index in [1.807, 2.05) is 10.7 Å². The van der Waals surface area contributed by atoms with E-state index in [0.29, 0.717) is 0 Å². The summed E-state index contributed by atoms with van der Waals surface area (Å²) in [6, 6.07) is 29.8. The third kappa shape index (κ3) is 4.37. The van der Waals surface area contributed by atoms with Gasteiger partial charge >= 0.3 is 152 Å².